The summed E-state index contributed by atoms with van der Waals surface area (Å²) in [4.78, 5) is 65.6. The van der Waals surface area contributed by atoms with Crippen molar-refractivity contribution in [1.82, 2.24) is 5.32 Å². The Hall–Kier alpha value is -1.82. The van der Waals surface area contributed by atoms with Crippen molar-refractivity contribution in [2.24, 2.45) is 5.92 Å². The van der Waals surface area contributed by atoms with E-state index in [4.69, 9.17) is 50.8 Å². The Morgan fingerprint density at radius 3 is 1.94 bits per heavy atom. The molecular formula is C31H36B9NO6P2S. The minimum absolute atomic E-state index is 0.0378. The van der Waals surface area contributed by atoms with E-state index >= 15 is 0 Å². The monoisotopic (exact) mass is 711 g/mol. The number of benzene rings is 2. The Morgan fingerprint density at radius 1 is 0.860 bits per heavy atom. The summed E-state index contributed by atoms with van der Waals surface area (Å²) in [5.74, 6) is -4.27. The second-order valence-electron chi connectivity index (χ2n) is 12.6. The van der Waals surface area contributed by atoms with Crippen molar-refractivity contribution in [1.29, 1.82) is 0 Å². The first-order chi connectivity index (χ1) is 23.7. The van der Waals surface area contributed by atoms with E-state index in [-0.39, 0.29) is 74.3 Å². The molecule has 0 heterocycles. The van der Waals surface area contributed by atoms with E-state index in [1.807, 2.05) is 48.5 Å². The van der Waals surface area contributed by atoms with Crippen molar-refractivity contribution in [2.45, 2.75) is 44.1 Å². The average molecular weight is 710 g/mol. The molecule has 0 bridgehead atoms. The molecule has 2 aromatic carbocycles. The number of ketones is 3. The van der Waals surface area contributed by atoms with E-state index in [2.05, 4.69) is 5.32 Å². The van der Waals surface area contributed by atoms with Crippen LogP contribution in [0.2, 0.25) is 0 Å². The van der Waals surface area contributed by atoms with Crippen LogP contribution in [0.3, 0.4) is 0 Å². The van der Waals surface area contributed by atoms with Crippen molar-refractivity contribution in [2.75, 3.05) is 38.0 Å². The van der Waals surface area contributed by atoms with Crippen molar-refractivity contribution >= 4 is 118 Å². The Bertz CT molecular complexity index is 1630. The van der Waals surface area contributed by atoms with Crippen LogP contribution < -0.4 is 5.32 Å². The zero-order valence-corrected chi connectivity index (χ0v) is 31.3. The molecule has 0 fully saturated rings. The van der Waals surface area contributed by atoms with Gasteiger partial charge in [0.05, 0.1) is 0 Å². The third-order valence-electron chi connectivity index (χ3n) is 8.63. The van der Waals surface area contributed by atoms with E-state index in [1.165, 1.54) is 12.1 Å². The van der Waals surface area contributed by atoms with Crippen LogP contribution in [0.25, 0.3) is 11.1 Å². The summed E-state index contributed by atoms with van der Waals surface area (Å²) in [6.45, 7) is 3.58. The molecule has 50 heavy (non-hydrogen) atoms. The van der Waals surface area contributed by atoms with E-state index < -0.39 is 59.7 Å². The molecule has 1 N–H and O–H groups in total. The van der Waals surface area contributed by atoms with Crippen molar-refractivity contribution in [3.8, 4) is 11.1 Å². The van der Waals surface area contributed by atoms with Gasteiger partial charge in [0.25, 0.3) is 0 Å². The number of Topliss-reactive ketones (excluding diaryl/α,β-unsaturated/α-hetero) is 3. The van der Waals surface area contributed by atoms with Crippen molar-refractivity contribution in [3.05, 3.63) is 59.7 Å². The number of ether oxygens (including phenoxy) is 1. The molecule has 1 aliphatic rings. The first kappa shape index (κ1) is 42.6. The van der Waals surface area contributed by atoms with Gasteiger partial charge in [0.2, 0.25) is 0 Å². The number of amides is 1. The van der Waals surface area contributed by atoms with Gasteiger partial charge < -0.3 is 0 Å². The Kier molecular flexibility index (Phi) is 17.4. The number of hydrogen-bond donors (Lipinski definition) is 1. The number of nitrogens with one attached hydrogen (secondary N) is 1. The van der Waals surface area contributed by atoms with Gasteiger partial charge in [-0.1, -0.05) is 25.5 Å². The standard InChI is InChI=1S/C31H36B9NO6P2S/c1-48(36)17-21(42)12-13-27(28(43)18-49(2)37)41-30(45)14-11-20(29(44)19-50(38-32,39-33)40(34)35)15-31(46)47-16-26-24-9-5-3-7-22(24)23-8-4-6-10-25(23)26/h3-10,20,26-27H,11-19H2,1-2H3,(H,41,45). The number of carbonyl (C=O) groups excluding carboxylic acids is 5. The summed E-state index contributed by atoms with van der Waals surface area (Å²) in [6.07, 6.45) is -0.0592. The minimum atomic E-state index is -2.40. The van der Waals surface area contributed by atoms with E-state index in [1.54, 1.807) is 13.3 Å². The van der Waals surface area contributed by atoms with Gasteiger partial charge in [-0.2, -0.15) is 7.80 Å². The third kappa shape index (κ3) is 12.1. The molecule has 0 aliphatic heterocycles. The maximum absolute atomic E-state index is 13.7. The van der Waals surface area contributed by atoms with Gasteiger partial charge in [-0.05, 0) is 0 Å². The average Bonchev–Trinajstić information content (AvgIpc) is 3.39. The maximum atomic E-state index is 13.7. The van der Waals surface area contributed by atoms with Gasteiger partial charge in [0.1, 0.15) is 15.1 Å². The zero-order chi connectivity index (χ0) is 37.0. The Labute approximate surface area is 309 Å². The molecule has 1 aliphatic carbocycles. The normalized spacial score (nSPS) is 14.4. The molecule has 2 aromatic rings. The second kappa shape index (κ2) is 20.4. The van der Waals surface area contributed by atoms with Gasteiger partial charge in [0, 0.05) is 6.16 Å². The summed E-state index contributed by atoms with van der Waals surface area (Å²) in [7, 11) is 30.9. The number of carbonyl (C=O) groups is 5. The SMILES string of the molecule is [B]B=S(=B[B])(CC(=O)C(CCC(=O)NC(CCC(=O)CP([B])C)C(=O)CP([B])C)CC(=O)OCC1c2ccccc2-c2ccccc21)B([B])[B]. The Balaban J connectivity index is 1.75. The molecule has 3 rings (SSSR count). The molecule has 0 spiro atoms. The van der Waals surface area contributed by atoms with Crippen LogP contribution >= 0.6 is 24.3 Å². The van der Waals surface area contributed by atoms with Crippen LogP contribution in [0.4, 0.5) is 0 Å². The van der Waals surface area contributed by atoms with Crippen molar-refractivity contribution in [3.63, 3.8) is 0 Å². The fourth-order valence-corrected chi connectivity index (χ4v) is 8.93. The predicted molar refractivity (Wildman–Crippen MR) is 218 cm³/mol. The summed E-state index contributed by atoms with van der Waals surface area (Å²) in [5, 5.41) is 2.72. The van der Waals surface area contributed by atoms with Gasteiger partial charge in [-0.15, -0.1) is 0 Å². The summed E-state index contributed by atoms with van der Waals surface area (Å²) < 4.78 is 5.78. The molecule has 244 valence electrons. The zero-order valence-electron chi connectivity index (χ0n) is 28.7. The molecule has 7 nitrogen and oxygen atoms in total. The topological polar surface area (TPSA) is 107 Å². The number of rotatable bonds is 20. The number of fused-ring (bicyclic) bond motifs is 3. The molecule has 0 saturated carbocycles. The molecule has 4 unspecified atom stereocenters. The first-order valence-electron chi connectivity index (χ1n) is 16.2. The van der Waals surface area contributed by atoms with Crippen LogP contribution in [-0.2, 0) is 28.7 Å². The van der Waals surface area contributed by atoms with E-state index in [0.717, 1.165) is 22.3 Å². The number of hydrogen-bond acceptors (Lipinski definition) is 6. The first-order valence-corrected chi connectivity index (χ1v) is 22.3. The van der Waals surface area contributed by atoms with Crippen molar-refractivity contribution < 1.29 is 28.7 Å². The Morgan fingerprint density at radius 2 is 1.42 bits per heavy atom. The van der Waals surface area contributed by atoms with Gasteiger partial charge >= 0.3 is 251 Å². The molecule has 4 atom stereocenters. The van der Waals surface area contributed by atoms with Gasteiger partial charge in [-0.3, -0.25) is 4.79 Å². The predicted octanol–water partition coefficient (Wildman–Crippen LogP) is 2.02. The summed E-state index contributed by atoms with van der Waals surface area (Å²) >= 11 is 0. The van der Waals surface area contributed by atoms with Gasteiger partial charge in [-0.25, -0.2) is 0 Å². The molecular weight excluding hydrogens is 674 g/mol. The van der Waals surface area contributed by atoms with Crippen LogP contribution in [0.1, 0.15) is 49.1 Å². The van der Waals surface area contributed by atoms with Crippen LogP contribution in [0.15, 0.2) is 48.5 Å². The summed E-state index contributed by atoms with van der Waals surface area (Å²) in [5.41, 5.74) is 4.25. The van der Waals surface area contributed by atoms with E-state index in [0.29, 0.717) is 0 Å². The molecule has 0 saturated heterocycles. The summed E-state index contributed by atoms with van der Waals surface area (Å²) in [6, 6.07) is 17.4. The van der Waals surface area contributed by atoms with E-state index in [9.17, 15) is 24.0 Å². The fourth-order valence-electron chi connectivity index (χ4n) is 5.94. The molecule has 1 amide bonds. The fraction of sp³-hybridized carbons (Fsp3) is 0.452. The third-order valence-corrected chi connectivity index (χ3v) is 13.1. The molecule has 0 aromatic heterocycles. The van der Waals surface area contributed by atoms with Crippen LogP contribution in [0.5, 0.6) is 0 Å². The van der Waals surface area contributed by atoms with Gasteiger partial charge in [0.15, 0.2) is 0 Å². The molecule has 19 heteroatoms. The number of esters is 1. The second-order valence-corrected chi connectivity index (χ2v) is 19.5. The molecule has 12 radical (unpaired) electrons. The van der Waals surface area contributed by atoms with Crippen LogP contribution in [0, 0.1) is 5.92 Å². The quantitative estimate of drug-likeness (QED) is 0.128. The van der Waals surface area contributed by atoms with Crippen LogP contribution in [-0.4, -0.2) is 137 Å².